The Kier molecular flexibility index (Phi) is 5.96. The van der Waals surface area contributed by atoms with Crippen LogP contribution in [-0.2, 0) is 16.3 Å². The second kappa shape index (κ2) is 8.10. The summed E-state index contributed by atoms with van der Waals surface area (Å²) in [6.45, 7) is 2.07. The minimum absolute atomic E-state index is 0.213. The summed E-state index contributed by atoms with van der Waals surface area (Å²) >= 11 is 6.07. The number of hydrogen-bond acceptors (Lipinski definition) is 3. The number of H-pyrrole nitrogens is 1. The number of rotatable bonds is 3. The molecule has 1 aromatic heterocycles. The van der Waals surface area contributed by atoms with Crippen molar-refractivity contribution < 1.29 is 13.2 Å². The number of aromatic amines is 1. The highest BCUT2D eigenvalue weighted by Crippen LogP contribution is 2.38. The summed E-state index contributed by atoms with van der Waals surface area (Å²) in [7, 11) is -2.67. The van der Waals surface area contributed by atoms with Gasteiger partial charge in [0.05, 0.1) is 5.52 Å². The molecule has 3 aromatic rings. The average molecular weight is 418 g/mol. The highest BCUT2D eigenvalue weighted by Gasteiger charge is 2.26. The third kappa shape index (κ3) is 4.83. The van der Waals surface area contributed by atoms with Crippen molar-refractivity contribution in [2.75, 3.05) is 12.5 Å². The Morgan fingerprint density at radius 3 is 2.61 bits per heavy atom. The first-order valence-corrected chi connectivity index (χ1v) is 11.8. The molecule has 28 heavy (non-hydrogen) atoms. The summed E-state index contributed by atoms with van der Waals surface area (Å²) in [5.74, 6) is 0.520. The third-order valence-corrected chi connectivity index (χ3v) is 5.22. The lowest BCUT2D eigenvalue weighted by molar-refractivity contribution is 0.0975. The highest BCUT2D eigenvalue weighted by molar-refractivity contribution is 7.89. The molecule has 1 atom stereocenters. The van der Waals surface area contributed by atoms with E-state index in [0.29, 0.717) is 12.3 Å². The molecule has 0 saturated heterocycles. The van der Waals surface area contributed by atoms with Gasteiger partial charge in [-0.3, -0.25) is 4.79 Å². The normalized spacial score (nSPS) is 15.8. The maximum atomic E-state index is 12.9. The monoisotopic (exact) mass is 417 g/mol. The minimum Gasteiger partial charge on any atom is -0.361 e. The van der Waals surface area contributed by atoms with Gasteiger partial charge in [0.15, 0.2) is 5.78 Å². The summed E-state index contributed by atoms with van der Waals surface area (Å²) in [5, 5.41) is 1.91. The lowest BCUT2D eigenvalue weighted by atomic mass is 9.92. The molecule has 1 aliphatic rings. The molecule has 4 nitrogen and oxygen atoms in total. The molecule has 2 aromatic carbocycles. The molecule has 6 heteroatoms. The number of aromatic nitrogens is 1. The lowest BCUT2D eigenvalue weighted by Gasteiger charge is -2.12. The molecule has 0 radical (unpaired) electrons. The van der Waals surface area contributed by atoms with Crippen LogP contribution in [0.25, 0.3) is 10.9 Å². The number of carbonyl (C=O) groups is 1. The number of ketones is 1. The molecule has 1 N–H and O–H groups in total. The van der Waals surface area contributed by atoms with E-state index in [2.05, 4.69) is 18.0 Å². The van der Waals surface area contributed by atoms with E-state index in [0.717, 1.165) is 46.8 Å². The van der Waals surface area contributed by atoms with Crippen LogP contribution in [0.5, 0.6) is 0 Å². The maximum absolute atomic E-state index is 12.9. The van der Waals surface area contributed by atoms with Crippen LogP contribution in [0.4, 0.5) is 0 Å². The zero-order valence-corrected chi connectivity index (χ0v) is 17.8. The summed E-state index contributed by atoms with van der Waals surface area (Å²) < 4.78 is 19.3. The maximum Gasteiger partial charge on any atom is 0.165 e. The smallest absolute Gasteiger partial charge is 0.165 e. The number of carbonyl (C=O) groups excluding carboxylic acids is 1. The molecular formula is C22H24ClNO3S. The fourth-order valence-electron chi connectivity index (χ4n) is 3.75. The third-order valence-electron chi connectivity index (χ3n) is 4.98. The second-order valence-corrected chi connectivity index (χ2v) is 10.3. The van der Waals surface area contributed by atoms with Crippen LogP contribution in [0, 0.1) is 6.92 Å². The van der Waals surface area contributed by atoms with Crippen molar-refractivity contribution in [3.8, 4) is 0 Å². The largest absolute Gasteiger partial charge is 0.361 e. The molecule has 0 fully saturated rings. The number of halogens is 1. The first-order chi connectivity index (χ1) is 13.1. The Balaban J connectivity index is 0.000000403. The van der Waals surface area contributed by atoms with Crippen LogP contribution < -0.4 is 0 Å². The quantitative estimate of drug-likeness (QED) is 0.603. The van der Waals surface area contributed by atoms with E-state index >= 15 is 0 Å². The van der Waals surface area contributed by atoms with Crippen LogP contribution in [0.3, 0.4) is 0 Å². The number of aryl methyl sites for hydroxylation is 2. The fraction of sp³-hybridized carbons (Fsp3) is 0.318. The van der Waals surface area contributed by atoms with Gasteiger partial charge in [-0.2, -0.15) is 0 Å². The Morgan fingerprint density at radius 2 is 1.89 bits per heavy atom. The molecule has 0 unspecified atom stereocenters. The second-order valence-electron chi connectivity index (χ2n) is 7.55. The molecule has 148 valence electrons. The van der Waals surface area contributed by atoms with Crippen molar-refractivity contribution in [1.82, 2.24) is 4.98 Å². The van der Waals surface area contributed by atoms with Crippen molar-refractivity contribution in [3.63, 3.8) is 0 Å². The number of nitrogens with one attached hydrogen (secondary N) is 1. The van der Waals surface area contributed by atoms with E-state index < -0.39 is 9.84 Å². The Hall–Kier alpha value is -2.11. The first-order valence-electron chi connectivity index (χ1n) is 9.16. The molecule has 0 amide bonds. The summed E-state index contributed by atoms with van der Waals surface area (Å²) in [4.78, 5) is 16.1. The molecule has 0 aliphatic heterocycles. The first kappa shape index (κ1) is 20.6. The van der Waals surface area contributed by atoms with Gasteiger partial charge in [-0.1, -0.05) is 23.7 Å². The van der Waals surface area contributed by atoms with Crippen LogP contribution in [-0.4, -0.2) is 31.7 Å². The molecule has 0 spiro atoms. The van der Waals surface area contributed by atoms with E-state index in [1.807, 2.05) is 36.5 Å². The van der Waals surface area contributed by atoms with Crippen molar-refractivity contribution in [2.45, 2.75) is 32.1 Å². The minimum atomic E-state index is -2.67. The molecule has 0 bridgehead atoms. The predicted molar refractivity (Wildman–Crippen MR) is 115 cm³/mol. The van der Waals surface area contributed by atoms with Crippen LogP contribution in [0.2, 0.25) is 5.02 Å². The molecule has 1 aliphatic carbocycles. The van der Waals surface area contributed by atoms with Gasteiger partial charge in [-0.25, -0.2) is 8.42 Å². The average Bonchev–Trinajstić information content (AvgIpc) is 3.21. The number of sulfone groups is 1. The fourth-order valence-corrected chi connectivity index (χ4v) is 3.95. The molecule has 4 rings (SSSR count). The van der Waals surface area contributed by atoms with Crippen molar-refractivity contribution in [2.24, 2.45) is 0 Å². The number of Topliss-reactive ketones (excluding diaryl/α,β-unsaturated/α-hetero) is 1. The standard InChI is InChI=1S/C20H18ClNO.C2H6O2S/c1-12-2-6-18(20-16(12)8-9-22-20)19(23)11-14-4-3-13-10-15(21)5-7-17(13)14;1-5(2,3)4/h2,5-10,14,22H,3-4,11H2,1H3;1-2H3/t14-;/m0./s1. The van der Waals surface area contributed by atoms with E-state index in [1.165, 1.54) is 16.7 Å². The van der Waals surface area contributed by atoms with Crippen molar-refractivity contribution in [1.29, 1.82) is 0 Å². The zero-order chi connectivity index (χ0) is 20.5. The summed E-state index contributed by atoms with van der Waals surface area (Å²) in [6, 6.07) is 12.1. The predicted octanol–water partition coefficient (Wildman–Crippen LogP) is 5.09. The lowest BCUT2D eigenvalue weighted by Crippen LogP contribution is -2.06. The van der Waals surface area contributed by atoms with E-state index in [4.69, 9.17) is 11.6 Å². The van der Waals surface area contributed by atoms with Gasteiger partial charge in [0, 0.05) is 41.1 Å². The van der Waals surface area contributed by atoms with Gasteiger partial charge in [0.2, 0.25) is 0 Å². The Labute approximate surface area is 170 Å². The van der Waals surface area contributed by atoms with Gasteiger partial charge in [0.25, 0.3) is 0 Å². The topological polar surface area (TPSA) is 67.0 Å². The number of benzene rings is 2. The van der Waals surface area contributed by atoms with Gasteiger partial charge >= 0.3 is 0 Å². The van der Waals surface area contributed by atoms with Gasteiger partial charge in [-0.05, 0) is 66.6 Å². The number of fused-ring (bicyclic) bond motifs is 2. The molecule has 0 saturated carbocycles. The zero-order valence-electron chi connectivity index (χ0n) is 16.3. The summed E-state index contributed by atoms with van der Waals surface area (Å²) in [5.41, 5.74) is 5.54. The van der Waals surface area contributed by atoms with E-state index in [1.54, 1.807) is 0 Å². The summed E-state index contributed by atoms with van der Waals surface area (Å²) in [6.07, 6.45) is 6.83. The van der Waals surface area contributed by atoms with Gasteiger partial charge in [-0.15, -0.1) is 0 Å². The van der Waals surface area contributed by atoms with E-state index in [9.17, 15) is 13.2 Å². The van der Waals surface area contributed by atoms with Crippen molar-refractivity contribution in [3.05, 3.63) is 69.9 Å². The van der Waals surface area contributed by atoms with Gasteiger partial charge in [0.1, 0.15) is 9.84 Å². The van der Waals surface area contributed by atoms with Gasteiger partial charge < -0.3 is 4.98 Å². The van der Waals surface area contributed by atoms with Crippen LogP contribution in [0.15, 0.2) is 42.6 Å². The van der Waals surface area contributed by atoms with Crippen molar-refractivity contribution >= 4 is 38.1 Å². The Bertz CT molecular complexity index is 1120. The molecular weight excluding hydrogens is 394 g/mol. The van der Waals surface area contributed by atoms with Crippen LogP contribution in [0.1, 0.15) is 45.8 Å². The van der Waals surface area contributed by atoms with E-state index in [-0.39, 0.29) is 5.78 Å². The Morgan fingerprint density at radius 1 is 1.18 bits per heavy atom. The molecule has 1 heterocycles. The number of hydrogen-bond donors (Lipinski definition) is 1. The van der Waals surface area contributed by atoms with Crippen LogP contribution >= 0.6 is 11.6 Å². The SMILES string of the molecule is CS(C)(=O)=O.Cc1ccc(C(=O)C[C@@H]2CCc3cc(Cl)ccc32)c2[nH]ccc12. The highest BCUT2D eigenvalue weighted by atomic mass is 35.5.